The minimum absolute atomic E-state index is 0.104. The third-order valence-electron chi connectivity index (χ3n) is 9.72. The lowest BCUT2D eigenvalue weighted by Gasteiger charge is -2.18. The zero-order valence-corrected chi connectivity index (χ0v) is 38.9. The topological polar surface area (TPSA) is 78.9 Å². The van der Waals surface area contributed by atoms with Gasteiger partial charge in [0.25, 0.3) is 0 Å². The van der Waals surface area contributed by atoms with Crippen molar-refractivity contribution >= 4 is 17.9 Å². The summed E-state index contributed by atoms with van der Waals surface area (Å²) in [5, 5.41) is 0. The first-order chi connectivity index (χ1) is 30.0. The van der Waals surface area contributed by atoms with E-state index in [0.29, 0.717) is 19.3 Å². The van der Waals surface area contributed by atoms with Crippen LogP contribution in [-0.2, 0) is 28.6 Å². The Bertz CT molecular complexity index is 1340. The summed E-state index contributed by atoms with van der Waals surface area (Å²) in [5.74, 6) is -0.982. The van der Waals surface area contributed by atoms with Crippen LogP contribution in [-0.4, -0.2) is 37.2 Å². The van der Waals surface area contributed by atoms with Crippen LogP contribution in [0.4, 0.5) is 0 Å². The van der Waals surface area contributed by atoms with Crippen LogP contribution in [0.25, 0.3) is 0 Å². The molecule has 0 saturated heterocycles. The smallest absolute Gasteiger partial charge is 0.306 e. The average molecular weight is 843 g/mol. The summed E-state index contributed by atoms with van der Waals surface area (Å²) in [6.45, 7) is 6.27. The summed E-state index contributed by atoms with van der Waals surface area (Å²) in [5.41, 5.74) is 0. The van der Waals surface area contributed by atoms with Crippen molar-refractivity contribution < 1.29 is 28.6 Å². The van der Waals surface area contributed by atoms with Crippen LogP contribution >= 0.6 is 0 Å². The number of unbranched alkanes of at least 4 members (excludes halogenated alkanes) is 18. The van der Waals surface area contributed by atoms with E-state index in [9.17, 15) is 14.4 Å². The molecule has 0 fully saturated rings. The first-order valence-electron chi connectivity index (χ1n) is 24.2. The van der Waals surface area contributed by atoms with Gasteiger partial charge in [-0.3, -0.25) is 14.4 Å². The molecule has 0 spiro atoms. The Labute approximate surface area is 373 Å². The van der Waals surface area contributed by atoms with Crippen molar-refractivity contribution in [3.05, 3.63) is 122 Å². The largest absolute Gasteiger partial charge is 0.462 e. The number of rotatable bonds is 41. The van der Waals surface area contributed by atoms with E-state index in [-0.39, 0.29) is 31.1 Å². The molecule has 0 amide bonds. The van der Waals surface area contributed by atoms with Gasteiger partial charge in [-0.25, -0.2) is 0 Å². The minimum atomic E-state index is -0.808. The molecule has 0 saturated carbocycles. The number of hydrogen-bond donors (Lipinski definition) is 0. The van der Waals surface area contributed by atoms with Gasteiger partial charge in [0.15, 0.2) is 6.10 Å². The molecular weight excluding hydrogens is 757 g/mol. The third-order valence-corrected chi connectivity index (χ3v) is 9.72. The number of hydrogen-bond acceptors (Lipinski definition) is 6. The van der Waals surface area contributed by atoms with Crippen molar-refractivity contribution in [3.8, 4) is 0 Å². The predicted octanol–water partition coefficient (Wildman–Crippen LogP) is 15.7. The monoisotopic (exact) mass is 843 g/mol. The van der Waals surface area contributed by atoms with Crippen molar-refractivity contribution in [2.24, 2.45) is 0 Å². The van der Waals surface area contributed by atoms with E-state index in [1.54, 1.807) is 0 Å². The Hall–Kier alpha value is -4.19. The molecule has 6 heteroatoms. The maximum atomic E-state index is 12.7. The van der Waals surface area contributed by atoms with Gasteiger partial charge >= 0.3 is 17.9 Å². The molecule has 0 rings (SSSR count). The first-order valence-corrected chi connectivity index (χ1v) is 24.2. The van der Waals surface area contributed by atoms with Crippen molar-refractivity contribution in [3.63, 3.8) is 0 Å². The Morgan fingerprint density at radius 3 is 1.02 bits per heavy atom. The summed E-state index contributed by atoms with van der Waals surface area (Å²) in [4.78, 5) is 37.8. The molecule has 0 aromatic heterocycles. The fraction of sp³-hybridized carbons (Fsp3) is 0.582. The van der Waals surface area contributed by atoms with Crippen LogP contribution in [0.15, 0.2) is 122 Å². The molecule has 0 aromatic rings. The van der Waals surface area contributed by atoms with Gasteiger partial charge in [0.05, 0.1) is 0 Å². The molecule has 0 aliphatic carbocycles. The van der Waals surface area contributed by atoms with Crippen LogP contribution in [0.2, 0.25) is 0 Å². The van der Waals surface area contributed by atoms with E-state index >= 15 is 0 Å². The summed E-state index contributed by atoms with van der Waals surface area (Å²) < 4.78 is 16.7. The van der Waals surface area contributed by atoms with Crippen LogP contribution in [0.1, 0.15) is 188 Å². The molecule has 342 valence electrons. The van der Waals surface area contributed by atoms with Crippen LogP contribution < -0.4 is 0 Å². The molecule has 1 unspecified atom stereocenters. The normalized spacial score (nSPS) is 13.2. The highest BCUT2D eigenvalue weighted by Crippen LogP contribution is 2.14. The van der Waals surface area contributed by atoms with Crippen LogP contribution in [0.3, 0.4) is 0 Å². The summed E-state index contributed by atoms with van der Waals surface area (Å²) in [7, 11) is 0. The van der Waals surface area contributed by atoms with Crippen molar-refractivity contribution in [1.29, 1.82) is 0 Å². The van der Waals surface area contributed by atoms with Gasteiger partial charge in [0, 0.05) is 19.3 Å². The van der Waals surface area contributed by atoms with Gasteiger partial charge < -0.3 is 14.2 Å². The molecule has 0 aliphatic heterocycles. The lowest BCUT2D eigenvalue weighted by molar-refractivity contribution is -0.167. The quantitative estimate of drug-likeness (QED) is 0.0264. The molecule has 61 heavy (non-hydrogen) atoms. The van der Waals surface area contributed by atoms with E-state index in [2.05, 4.69) is 63.3 Å². The zero-order valence-electron chi connectivity index (χ0n) is 38.9. The standard InChI is InChI=1S/C55H86O6/c1-4-7-10-13-16-19-22-24-25-26-27-28-29-31-33-36-39-42-45-48-54(57)60-51-52(50-59-53(56)47-44-41-38-35-32-21-18-15-12-9-6-3)61-55(58)49-46-43-40-37-34-30-23-20-17-14-11-8-5-2/h7-8,10-11,13-14,16-17,19-20,22-29,31,33,52H,4-6,9,12,15,18,21,30,32,34-51H2,1-3H3/b10-7-,11-8-,16-13-,17-14-,22-19-,23-20-,25-24-,27-26+,29-28-,33-31-. The van der Waals surface area contributed by atoms with E-state index < -0.39 is 6.10 Å². The maximum Gasteiger partial charge on any atom is 0.306 e. The number of allylic oxidation sites excluding steroid dienone is 20. The molecule has 0 radical (unpaired) electrons. The predicted molar refractivity (Wildman–Crippen MR) is 260 cm³/mol. The van der Waals surface area contributed by atoms with E-state index in [4.69, 9.17) is 14.2 Å². The second-order valence-electron chi connectivity index (χ2n) is 15.5. The molecule has 6 nitrogen and oxygen atoms in total. The molecule has 0 N–H and O–H groups in total. The van der Waals surface area contributed by atoms with Gasteiger partial charge in [-0.2, -0.15) is 0 Å². The van der Waals surface area contributed by atoms with Gasteiger partial charge in [0.2, 0.25) is 0 Å². The Morgan fingerprint density at radius 2 is 0.639 bits per heavy atom. The molecule has 0 bridgehead atoms. The number of ether oxygens (including phenoxy) is 3. The zero-order chi connectivity index (χ0) is 44.4. The Morgan fingerprint density at radius 1 is 0.344 bits per heavy atom. The first kappa shape index (κ1) is 56.8. The Balaban J connectivity index is 4.53. The lowest BCUT2D eigenvalue weighted by atomic mass is 10.1. The van der Waals surface area contributed by atoms with E-state index in [1.165, 1.54) is 51.4 Å². The summed E-state index contributed by atoms with van der Waals surface area (Å²) >= 11 is 0. The molecule has 1 atom stereocenters. The second-order valence-corrected chi connectivity index (χ2v) is 15.5. The number of carbonyl (C=O) groups is 3. The highest BCUT2D eigenvalue weighted by molar-refractivity contribution is 5.71. The molecular formula is C55H86O6. The fourth-order valence-corrected chi connectivity index (χ4v) is 6.13. The molecule has 0 aliphatic rings. The average Bonchev–Trinajstić information content (AvgIpc) is 3.26. The van der Waals surface area contributed by atoms with Crippen LogP contribution in [0, 0.1) is 0 Å². The van der Waals surface area contributed by atoms with Gasteiger partial charge in [-0.1, -0.05) is 232 Å². The van der Waals surface area contributed by atoms with Gasteiger partial charge in [-0.15, -0.1) is 0 Å². The number of esters is 3. The highest BCUT2D eigenvalue weighted by atomic mass is 16.6. The summed E-state index contributed by atoms with van der Waals surface area (Å²) in [6.07, 6.45) is 66.0. The highest BCUT2D eigenvalue weighted by Gasteiger charge is 2.19. The third kappa shape index (κ3) is 46.7. The van der Waals surface area contributed by atoms with Crippen LogP contribution in [0.5, 0.6) is 0 Å². The van der Waals surface area contributed by atoms with Crippen molar-refractivity contribution in [2.45, 2.75) is 194 Å². The fourth-order valence-electron chi connectivity index (χ4n) is 6.13. The van der Waals surface area contributed by atoms with Gasteiger partial charge in [0.1, 0.15) is 13.2 Å². The number of carbonyl (C=O) groups excluding carboxylic acids is 3. The Kier molecular flexibility index (Phi) is 45.1. The van der Waals surface area contributed by atoms with Crippen molar-refractivity contribution in [2.75, 3.05) is 13.2 Å². The molecule has 0 heterocycles. The van der Waals surface area contributed by atoms with E-state index in [1.807, 2.05) is 79.0 Å². The molecule has 0 aromatic carbocycles. The SMILES string of the molecule is CC\C=C/C=C\C=C/C=C\C=C\C=C/C=C\CCCCCC(=O)OCC(COC(=O)CCCCCCCCCCCCC)OC(=O)CCCCCCC\C=C/C=C\C=C/CC. The second kappa shape index (κ2) is 48.5. The minimum Gasteiger partial charge on any atom is -0.462 e. The van der Waals surface area contributed by atoms with Gasteiger partial charge in [-0.05, 0) is 57.8 Å². The van der Waals surface area contributed by atoms with E-state index in [0.717, 1.165) is 96.3 Å². The maximum absolute atomic E-state index is 12.7. The van der Waals surface area contributed by atoms with Crippen molar-refractivity contribution in [1.82, 2.24) is 0 Å². The lowest BCUT2D eigenvalue weighted by Crippen LogP contribution is -2.30. The summed E-state index contributed by atoms with van der Waals surface area (Å²) in [6, 6.07) is 0.